The number of nitrogens with one attached hydrogen (secondary N) is 1. The van der Waals surface area contributed by atoms with Gasteiger partial charge in [-0.3, -0.25) is 4.79 Å². The molecule has 29 heavy (non-hydrogen) atoms. The lowest BCUT2D eigenvalue weighted by molar-refractivity contribution is -0.123. The summed E-state index contributed by atoms with van der Waals surface area (Å²) >= 11 is 0. The Hall–Kier alpha value is -0.870. The van der Waals surface area contributed by atoms with Crippen LogP contribution < -0.4 is 5.32 Å². The lowest BCUT2D eigenvalue weighted by atomic mass is 10.0. The Kier molecular flexibility index (Phi) is 21.2. The number of aliphatic hydroxyl groups excluding tert-OH is 2. The van der Waals surface area contributed by atoms with Crippen LogP contribution in [0.1, 0.15) is 123 Å². The molecule has 0 aromatic rings. The normalized spacial score (nSPS) is 13.7. The van der Waals surface area contributed by atoms with Gasteiger partial charge < -0.3 is 15.5 Å². The number of amides is 1. The van der Waals surface area contributed by atoms with Gasteiger partial charge >= 0.3 is 0 Å². The van der Waals surface area contributed by atoms with E-state index in [0.29, 0.717) is 6.42 Å². The molecule has 0 spiro atoms. The minimum absolute atomic E-state index is 0.0778. The first-order chi connectivity index (χ1) is 14.2. The van der Waals surface area contributed by atoms with Gasteiger partial charge in [0, 0.05) is 6.42 Å². The summed E-state index contributed by atoms with van der Waals surface area (Å²) in [5, 5.41) is 22.2. The molecule has 0 aliphatic rings. The van der Waals surface area contributed by atoms with Crippen molar-refractivity contribution < 1.29 is 15.0 Å². The number of rotatable bonds is 21. The first-order valence-corrected chi connectivity index (χ1v) is 12.4. The topological polar surface area (TPSA) is 69.6 Å². The molecule has 0 saturated heterocycles. The summed E-state index contributed by atoms with van der Waals surface area (Å²) in [5.41, 5.74) is 0. The second-order valence-corrected chi connectivity index (χ2v) is 8.41. The molecule has 0 aromatic carbocycles. The second-order valence-electron chi connectivity index (χ2n) is 8.41. The van der Waals surface area contributed by atoms with Gasteiger partial charge in [-0.2, -0.15) is 0 Å². The lowest BCUT2D eigenvalue weighted by Crippen LogP contribution is -2.45. The molecular formula is C25H49NO3. The molecular weight excluding hydrogens is 362 g/mol. The number of carbonyl (C=O) groups excluding carboxylic acids is 1. The third-order valence-electron chi connectivity index (χ3n) is 5.50. The maximum absolute atomic E-state index is 12.0. The predicted octanol–water partition coefficient (Wildman–Crippen LogP) is 6.05. The molecule has 0 aromatic heterocycles. The summed E-state index contributed by atoms with van der Waals surface area (Å²) in [6.07, 6.45) is 23.3. The predicted molar refractivity (Wildman–Crippen MR) is 124 cm³/mol. The molecule has 4 nitrogen and oxygen atoms in total. The van der Waals surface area contributed by atoms with Crippen LogP contribution in [-0.4, -0.2) is 34.9 Å². The zero-order chi connectivity index (χ0) is 21.6. The minimum atomic E-state index is -0.827. The number of hydrogen-bond acceptors (Lipinski definition) is 3. The fourth-order valence-corrected chi connectivity index (χ4v) is 3.53. The van der Waals surface area contributed by atoms with Crippen LogP contribution in [0.4, 0.5) is 0 Å². The van der Waals surface area contributed by atoms with Crippen molar-refractivity contribution in [2.45, 2.75) is 135 Å². The summed E-state index contributed by atoms with van der Waals surface area (Å²) in [5.74, 6) is -0.0778. The van der Waals surface area contributed by atoms with Gasteiger partial charge in [0.05, 0.1) is 18.8 Å². The van der Waals surface area contributed by atoms with Crippen molar-refractivity contribution in [3.8, 4) is 0 Å². The van der Waals surface area contributed by atoms with Crippen LogP contribution in [0.3, 0.4) is 0 Å². The van der Waals surface area contributed by atoms with Gasteiger partial charge in [-0.25, -0.2) is 0 Å². The maximum atomic E-state index is 12.0. The third-order valence-corrected chi connectivity index (χ3v) is 5.50. The zero-order valence-corrected chi connectivity index (χ0v) is 19.3. The fourth-order valence-electron chi connectivity index (χ4n) is 3.53. The molecule has 0 saturated carbocycles. The van der Waals surface area contributed by atoms with Gasteiger partial charge in [0.15, 0.2) is 0 Å². The first kappa shape index (κ1) is 28.1. The maximum Gasteiger partial charge on any atom is 0.220 e. The molecule has 0 radical (unpaired) electrons. The van der Waals surface area contributed by atoms with Crippen LogP contribution in [0.2, 0.25) is 0 Å². The van der Waals surface area contributed by atoms with Crippen molar-refractivity contribution >= 4 is 5.91 Å². The van der Waals surface area contributed by atoms with E-state index in [-0.39, 0.29) is 12.5 Å². The van der Waals surface area contributed by atoms with Crippen molar-refractivity contribution in [2.24, 2.45) is 0 Å². The van der Waals surface area contributed by atoms with E-state index >= 15 is 0 Å². The van der Waals surface area contributed by atoms with Crippen LogP contribution in [0, 0.1) is 0 Å². The van der Waals surface area contributed by atoms with Gasteiger partial charge in [-0.1, -0.05) is 116 Å². The monoisotopic (exact) mass is 411 g/mol. The molecule has 0 rings (SSSR count). The molecule has 2 atom stereocenters. The Morgan fingerprint density at radius 1 is 0.793 bits per heavy atom. The quantitative estimate of drug-likeness (QED) is 0.159. The number of allylic oxidation sites excluding steroid dienone is 1. The average molecular weight is 412 g/mol. The Bertz CT molecular complexity index is 384. The SMILES string of the molecule is CCC/C=C/C(O)C(CO)NC(=O)CCCCCCCCCCCCCCCC. The van der Waals surface area contributed by atoms with Gasteiger partial charge in [0.1, 0.15) is 0 Å². The van der Waals surface area contributed by atoms with E-state index in [2.05, 4.69) is 19.2 Å². The highest BCUT2D eigenvalue weighted by Gasteiger charge is 2.17. The van der Waals surface area contributed by atoms with E-state index in [1.54, 1.807) is 6.08 Å². The summed E-state index contributed by atoms with van der Waals surface area (Å²) in [4.78, 5) is 12.0. The largest absolute Gasteiger partial charge is 0.394 e. The second kappa shape index (κ2) is 21.8. The van der Waals surface area contributed by atoms with Gasteiger partial charge in [0.25, 0.3) is 0 Å². The number of hydrogen-bond donors (Lipinski definition) is 3. The Labute approximate surface area is 180 Å². The van der Waals surface area contributed by atoms with Crippen LogP contribution in [0.25, 0.3) is 0 Å². The average Bonchev–Trinajstić information content (AvgIpc) is 2.72. The molecule has 0 heterocycles. The molecule has 172 valence electrons. The van der Waals surface area contributed by atoms with Crippen molar-refractivity contribution in [1.82, 2.24) is 5.32 Å². The number of aliphatic hydroxyl groups is 2. The van der Waals surface area contributed by atoms with Crippen molar-refractivity contribution in [1.29, 1.82) is 0 Å². The molecule has 0 aliphatic heterocycles. The molecule has 0 aliphatic carbocycles. The van der Waals surface area contributed by atoms with E-state index in [0.717, 1.165) is 25.7 Å². The zero-order valence-electron chi connectivity index (χ0n) is 19.3. The van der Waals surface area contributed by atoms with Gasteiger partial charge in [-0.15, -0.1) is 0 Å². The van der Waals surface area contributed by atoms with E-state index in [9.17, 15) is 15.0 Å². The Balaban J connectivity index is 3.52. The van der Waals surface area contributed by atoms with E-state index in [1.807, 2.05) is 6.08 Å². The summed E-state index contributed by atoms with van der Waals surface area (Å²) < 4.78 is 0. The lowest BCUT2D eigenvalue weighted by Gasteiger charge is -2.19. The molecule has 4 heteroatoms. The minimum Gasteiger partial charge on any atom is -0.394 e. The number of unbranched alkanes of at least 4 members (excludes halogenated alkanes) is 14. The van der Waals surface area contributed by atoms with Crippen LogP contribution in [-0.2, 0) is 4.79 Å². The van der Waals surface area contributed by atoms with E-state index < -0.39 is 12.1 Å². The highest BCUT2D eigenvalue weighted by atomic mass is 16.3. The van der Waals surface area contributed by atoms with Gasteiger partial charge in [-0.05, 0) is 12.8 Å². The van der Waals surface area contributed by atoms with Crippen molar-refractivity contribution in [3.05, 3.63) is 12.2 Å². The highest BCUT2D eigenvalue weighted by molar-refractivity contribution is 5.76. The standard InChI is InChI=1S/C25H49NO3/c1-3-5-7-8-9-10-11-12-13-14-15-16-17-19-21-25(29)26-23(22-27)24(28)20-18-6-4-2/h18,20,23-24,27-28H,3-17,19,21-22H2,1-2H3,(H,26,29)/b20-18+. The summed E-state index contributed by atoms with van der Waals surface area (Å²) in [7, 11) is 0. The molecule has 3 N–H and O–H groups in total. The van der Waals surface area contributed by atoms with Crippen LogP contribution in [0.15, 0.2) is 12.2 Å². The number of carbonyl (C=O) groups is 1. The highest BCUT2D eigenvalue weighted by Crippen LogP contribution is 2.13. The van der Waals surface area contributed by atoms with Crippen molar-refractivity contribution in [2.75, 3.05) is 6.61 Å². The van der Waals surface area contributed by atoms with E-state index in [4.69, 9.17) is 0 Å². The Morgan fingerprint density at radius 2 is 1.28 bits per heavy atom. The van der Waals surface area contributed by atoms with E-state index in [1.165, 1.54) is 77.0 Å². The van der Waals surface area contributed by atoms with Gasteiger partial charge in [0.2, 0.25) is 5.91 Å². The Morgan fingerprint density at radius 3 is 1.72 bits per heavy atom. The molecule has 2 unspecified atom stereocenters. The molecule has 0 fully saturated rings. The van der Waals surface area contributed by atoms with Crippen LogP contribution >= 0.6 is 0 Å². The molecule has 1 amide bonds. The summed E-state index contributed by atoms with van der Waals surface area (Å²) in [6.45, 7) is 4.08. The summed E-state index contributed by atoms with van der Waals surface area (Å²) in [6, 6.07) is -0.609. The van der Waals surface area contributed by atoms with Crippen LogP contribution in [0.5, 0.6) is 0 Å². The fraction of sp³-hybridized carbons (Fsp3) is 0.880. The molecule has 0 bridgehead atoms. The smallest absolute Gasteiger partial charge is 0.220 e. The van der Waals surface area contributed by atoms with Crippen molar-refractivity contribution in [3.63, 3.8) is 0 Å². The third kappa shape index (κ3) is 18.9. The first-order valence-electron chi connectivity index (χ1n) is 12.4.